The van der Waals surface area contributed by atoms with E-state index in [1.165, 1.54) is 24.9 Å². The minimum absolute atomic E-state index is 0.460. The first kappa shape index (κ1) is 24.9. The van der Waals surface area contributed by atoms with Crippen molar-refractivity contribution in [2.45, 2.75) is 45.5 Å². The zero-order valence-corrected chi connectivity index (χ0v) is 20.5. The highest BCUT2D eigenvalue weighted by atomic mass is 19.4. The monoisotopic (exact) mass is 507 g/mol. The first-order valence-electron chi connectivity index (χ1n) is 12.3. The highest BCUT2D eigenvalue weighted by Crippen LogP contribution is 2.29. The fraction of sp³-hybridized carbons (Fsp3) is 0.333. The van der Waals surface area contributed by atoms with Gasteiger partial charge in [-0.15, -0.1) is 0 Å². The summed E-state index contributed by atoms with van der Waals surface area (Å²) in [6, 6.07) is 11.3. The van der Waals surface area contributed by atoms with Crippen LogP contribution in [0.5, 0.6) is 0 Å². The molecule has 0 amide bonds. The minimum atomic E-state index is -4.33. The molecule has 0 aliphatic carbocycles. The third kappa shape index (κ3) is 5.96. The van der Waals surface area contributed by atoms with E-state index in [-0.39, 0.29) is 0 Å². The van der Waals surface area contributed by atoms with Crippen LogP contribution in [0, 0.1) is 6.92 Å². The zero-order valence-electron chi connectivity index (χ0n) is 20.5. The molecule has 7 nitrogen and oxygen atoms in total. The van der Waals surface area contributed by atoms with Crippen molar-refractivity contribution in [1.29, 1.82) is 0 Å². The van der Waals surface area contributed by atoms with Crippen LogP contribution < -0.4 is 15.5 Å². The van der Waals surface area contributed by atoms with Crippen molar-refractivity contribution in [3.63, 3.8) is 0 Å². The summed E-state index contributed by atoms with van der Waals surface area (Å²) in [5.74, 6) is 1.31. The molecule has 1 fully saturated rings. The average Bonchev–Trinajstić information content (AvgIpc) is 2.91. The summed E-state index contributed by atoms with van der Waals surface area (Å²) in [6.07, 6.45) is 2.42. The Hall–Kier alpha value is -3.79. The second-order valence-corrected chi connectivity index (χ2v) is 9.25. The van der Waals surface area contributed by atoms with Crippen molar-refractivity contribution in [1.82, 2.24) is 25.3 Å². The Labute approximate surface area is 213 Å². The molecular formula is C27H28F3N7. The number of aryl methyl sites for hydroxylation is 1. The number of anilines is 3. The lowest BCUT2D eigenvalue weighted by molar-refractivity contribution is -0.137. The second-order valence-electron chi connectivity index (χ2n) is 9.25. The van der Waals surface area contributed by atoms with Gasteiger partial charge in [-0.1, -0.05) is 24.3 Å². The molecule has 1 aliphatic heterocycles. The van der Waals surface area contributed by atoms with Gasteiger partial charge in [-0.3, -0.25) is 0 Å². The summed E-state index contributed by atoms with van der Waals surface area (Å²) in [5.41, 5.74) is 4.46. The summed E-state index contributed by atoms with van der Waals surface area (Å²) in [6.45, 7) is 4.92. The van der Waals surface area contributed by atoms with E-state index in [0.29, 0.717) is 35.9 Å². The second kappa shape index (κ2) is 10.7. The van der Waals surface area contributed by atoms with Crippen molar-refractivity contribution in [2.75, 3.05) is 23.3 Å². The van der Waals surface area contributed by atoms with Crippen molar-refractivity contribution in [2.24, 2.45) is 0 Å². The molecule has 10 heteroatoms. The molecule has 2 N–H and O–H groups in total. The molecule has 4 aromatic rings. The van der Waals surface area contributed by atoms with E-state index in [1.807, 2.05) is 25.1 Å². The van der Waals surface area contributed by atoms with Crippen molar-refractivity contribution in [3.8, 4) is 0 Å². The Balaban J connectivity index is 1.29. The molecule has 2 aromatic carbocycles. The van der Waals surface area contributed by atoms with Gasteiger partial charge in [0, 0.05) is 31.9 Å². The summed E-state index contributed by atoms with van der Waals surface area (Å²) in [5, 5.41) is 6.72. The third-order valence-electron chi connectivity index (χ3n) is 6.50. The maximum atomic E-state index is 12.8. The number of fused-ring (bicyclic) bond motifs is 1. The number of halogens is 3. The number of hydrogen-bond donors (Lipinski definition) is 2. The lowest BCUT2D eigenvalue weighted by Gasteiger charge is -2.26. The molecule has 0 spiro atoms. The van der Waals surface area contributed by atoms with E-state index in [2.05, 4.69) is 30.5 Å². The topological polar surface area (TPSA) is 78.9 Å². The number of rotatable bonds is 7. The Morgan fingerprint density at radius 3 is 2.38 bits per heavy atom. The molecule has 0 saturated carbocycles. The van der Waals surface area contributed by atoms with Crippen LogP contribution in [0.2, 0.25) is 0 Å². The predicted molar refractivity (Wildman–Crippen MR) is 138 cm³/mol. The fourth-order valence-corrected chi connectivity index (χ4v) is 4.39. The van der Waals surface area contributed by atoms with Gasteiger partial charge < -0.3 is 15.5 Å². The lowest BCUT2D eigenvalue weighted by atomic mass is 10.1. The maximum Gasteiger partial charge on any atom is 0.416 e. The number of alkyl halides is 3. The standard InChI is InChI=1S/C27H28F3N7/c1-18-5-6-20(15-31-14-19-7-9-21(10-8-19)27(28,29)30)13-22(18)35-25-24-23(33-17-34-25)16-32-26(36-24)37-11-3-2-4-12-37/h5-10,13,16-17,31H,2-4,11-12,14-15H2,1H3,(H,33,34,35). The molecule has 1 saturated heterocycles. The van der Waals surface area contributed by atoms with Crippen LogP contribution in [0.3, 0.4) is 0 Å². The molecule has 2 aromatic heterocycles. The van der Waals surface area contributed by atoms with Crippen LogP contribution in [-0.2, 0) is 19.3 Å². The molecule has 1 aliphatic rings. The summed E-state index contributed by atoms with van der Waals surface area (Å²) in [7, 11) is 0. The van der Waals surface area contributed by atoms with E-state index in [4.69, 9.17) is 4.98 Å². The van der Waals surface area contributed by atoms with Crippen LogP contribution in [0.25, 0.3) is 11.0 Å². The van der Waals surface area contributed by atoms with Gasteiger partial charge in [0.1, 0.15) is 17.4 Å². The van der Waals surface area contributed by atoms with Crippen LogP contribution in [-0.4, -0.2) is 33.0 Å². The first-order chi connectivity index (χ1) is 17.9. The van der Waals surface area contributed by atoms with Gasteiger partial charge >= 0.3 is 6.18 Å². The number of hydrogen-bond acceptors (Lipinski definition) is 7. The number of nitrogens with zero attached hydrogens (tertiary/aromatic N) is 5. The van der Waals surface area contributed by atoms with Crippen LogP contribution in [0.4, 0.5) is 30.6 Å². The average molecular weight is 508 g/mol. The van der Waals surface area contributed by atoms with Gasteiger partial charge in [-0.2, -0.15) is 13.2 Å². The predicted octanol–water partition coefficient (Wildman–Crippen LogP) is 5.77. The van der Waals surface area contributed by atoms with Crippen molar-refractivity contribution >= 4 is 28.5 Å². The highest BCUT2D eigenvalue weighted by Gasteiger charge is 2.29. The highest BCUT2D eigenvalue weighted by molar-refractivity contribution is 5.87. The summed E-state index contributed by atoms with van der Waals surface area (Å²) in [4.78, 5) is 20.3. The first-order valence-corrected chi connectivity index (χ1v) is 12.3. The molecule has 192 valence electrons. The normalized spacial score (nSPS) is 14.2. The van der Waals surface area contributed by atoms with E-state index in [1.54, 1.807) is 6.20 Å². The Morgan fingerprint density at radius 1 is 0.892 bits per heavy atom. The van der Waals surface area contributed by atoms with Crippen LogP contribution >= 0.6 is 0 Å². The lowest BCUT2D eigenvalue weighted by Crippen LogP contribution is -2.31. The SMILES string of the molecule is Cc1ccc(CNCc2ccc(C(F)(F)F)cc2)cc1Nc1ncnc2cnc(N3CCCCC3)nc12. The number of benzene rings is 2. The number of aromatic nitrogens is 4. The largest absolute Gasteiger partial charge is 0.416 e. The minimum Gasteiger partial charge on any atom is -0.341 e. The van der Waals surface area contributed by atoms with E-state index < -0.39 is 11.7 Å². The van der Waals surface area contributed by atoms with Gasteiger partial charge in [0.15, 0.2) is 5.82 Å². The summed E-state index contributed by atoms with van der Waals surface area (Å²) >= 11 is 0. The zero-order chi connectivity index (χ0) is 25.8. The van der Waals surface area contributed by atoms with E-state index in [9.17, 15) is 13.2 Å². The Morgan fingerprint density at radius 2 is 1.62 bits per heavy atom. The quantitative estimate of drug-likeness (QED) is 0.329. The fourth-order valence-electron chi connectivity index (χ4n) is 4.39. The van der Waals surface area contributed by atoms with Gasteiger partial charge in [0.25, 0.3) is 0 Å². The van der Waals surface area contributed by atoms with Gasteiger partial charge in [0.2, 0.25) is 5.95 Å². The maximum absolute atomic E-state index is 12.8. The van der Waals surface area contributed by atoms with Gasteiger partial charge in [0.05, 0.1) is 11.8 Å². The molecule has 0 radical (unpaired) electrons. The summed E-state index contributed by atoms with van der Waals surface area (Å²) < 4.78 is 38.3. The Bertz CT molecular complexity index is 1370. The van der Waals surface area contributed by atoms with Gasteiger partial charge in [-0.25, -0.2) is 19.9 Å². The van der Waals surface area contributed by atoms with E-state index >= 15 is 0 Å². The molecule has 37 heavy (non-hydrogen) atoms. The van der Waals surface area contributed by atoms with E-state index in [0.717, 1.165) is 60.4 Å². The third-order valence-corrected chi connectivity index (χ3v) is 6.50. The Kier molecular flexibility index (Phi) is 7.18. The molecule has 0 atom stereocenters. The van der Waals surface area contributed by atoms with Crippen molar-refractivity contribution < 1.29 is 13.2 Å². The van der Waals surface area contributed by atoms with Crippen molar-refractivity contribution in [3.05, 3.63) is 77.2 Å². The number of piperidine rings is 1. The smallest absolute Gasteiger partial charge is 0.341 e. The van der Waals surface area contributed by atoms with Gasteiger partial charge in [-0.05, 0) is 61.1 Å². The van der Waals surface area contributed by atoms with Crippen LogP contribution in [0.15, 0.2) is 55.0 Å². The molecule has 3 heterocycles. The molecule has 0 unspecified atom stereocenters. The van der Waals surface area contributed by atoms with Crippen LogP contribution in [0.1, 0.15) is 41.5 Å². The molecule has 5 rings (SSSR count). The molecule has 0 bridgehead atoms. The number of nitrogens with one attached hydrogen (secondary N) is 2. The molecular weight excluding hydrogens is 479 g/mol.